The second kappa shape index (κ2) is 6.42. The fraction of sp³-hybridized carbons (Fsp3) is 0.357. The van der Waals surface area contributed by atoms with E-state index in [-0.39, 0.29) is 35.8 Å². The maximum absolute atomic E-state index is 12.1. The molecule has 122 valence electrons. The van der Waals surface area contributed by atoms with Crippen molar-refractivity contribution < 1.29 is 28.8 Å². The topological polar surface area (TPSA) is 116 Å². The summed E-state index contributed by atoms with van der Waals surface area (Å²) in [5.41, 5.74) is -0.246. The molecule has 1 unspecified atom stereocenters. The lowest BCUT2D eigenvalue weighted by atomic mass is 10.1. The van der Waals surface area contributed by atoms with Crippen molar-refractivity contribution in [1.82, 2.24) is 0 Å². The van der Waals surface area contributed by atoms with Gasteiger partial charge >= 0.3 is 11.9 Å². The van der Waals surface area contributed by atoms with E-state index in [0.717, 1.165) is 13.2 Å². The molecule has 1 fully saturated rings. The number of non-ortho nitro benzene ring substituents is 1. The molecule has 0 bridgehead atoms. The monoisotopic (exact) mass is 322 g/mol. The van der Waals surface area contributed by atoms with Crippen LogP contribution in [0.15, 0.2) is 18.2 Å². The highest BCUT2D eigenvalue weighted by atomic mass is 16.6. The second-order valence-electron chi connectivity index (χ2n) is 4.88. The van der Waals surface area contributed by atoms with E-state index in [1.165, 1.54) is 24.1 Å². The standard InChI is InChI=1S/C14H14N2O7/c1-22-13(18)8-5-12(17)15(7-8)11-4-3-9(16(20)21)6-10(11)14(19)23-2/h3-4,6,8H,5,7H2,1-2H3. The third kappa shape index (κ3) is 3.12. The molecule has 0 spiro atoms. The number of nitrogens with zero attached hydrogens (tertiary/aromatic N) is 2. The van der Waals surface area contributed by atoms with Crippen molar-refractivity contribution in [2.75, 3.05) is 25.7 Å². The Bertz CT molecular complexity index is 686. The van der Waals surface area contributed by atoms with Crippen LogP contribution in [-0.2, 0) is 19.1 Å². The van der Waals surface area contributed by atoms with E-state index in [1.54, 1.807) is 0 Å². The summed E-state index contributed by atoms with van der Waals surface area (Å²) in [6.45, 7) is 0.0350. The molecule has 1 amide bonds. The minimum absolute atomic E-state index is 0.0350. The molecule has 9 heteroatoms. The lowest BCUT2D eigenvalue weighted by Gasteiger charge is -2.19. The van der Waals surface area contributed by atoms with Crippen LogP contribution >= 0.6 is 0 Å². The van der Waals surface area contributed by atoms with Crippen LogP contribution in [0.4, 0.5) is 11.4 Å². The quantitative estimate of drug-likeness (QED) is 0.459. The van der Waals surface area contributed by atoms with Gasteiger partial charge in [0.05, 0.1) is 36.3 Å². The van der Waals surface area contributed by atoms with Crippen LogP contribution in [0, 0.1) is 16.0 Å². The second-order valence-corrected chi connectivity index (χ2v) is 4.88. The van der Waals surface area contributed by atoms with Gasteiger partial charge in [-0.3, -0.25) is 19.7 Å². The average molecular weight is 322 g/mol. The summed E-state index contributed by atoms with van der Waals surface area (Å²) in [6.07, 6.45) is -0.0513. The van der Waals surface area contributed by atoms with Gasteiger partial charge in [0.2, 0.25) is 5.91 Å². The molecule has 1 saturated heterocycles. The van der Waals surface area contributed by atoms with Crippen molar-refractivity contribution in [3.05, 3.63) is 33.9 Å². The molecule has 9 nitrogen and oxygen atoms in total. The summed E-state index contributed by atoms with van der Waals surface area (Å²) in [6, 6.07) is 3.52. The Kier molecular flexibility index (Phi) is 4.58. The Balaban J connectivity index is 2.42. The number of carbonyl (C=O) groups is 3. The third-order valence-corrected chi connectivity index (χ3v) is 3.55. The molecule has 0 radical (unpaired) electrons. The number of nitro groups is 1. The molecule has 0 aromatic heterocycles. The van der Waals surface area contributed by atoms with Crippen molar-refractivity contribution in [1.29, 1.82) is 0 Å². The van der Waals surface area contributed by atoms with Crippen molar-refractivity contribution in [3.8, 4) is 0 Å². The summed E-state index contributed by atoms with van der Waals surface area (Å²) in [5, 5.41) is 10.9. The molecule has 1 aromatic rings. The van der Waals surface area contributed by atoms with Crippen molar-refractivity contribution in [2.24, 2.45) is 5.92 Å². The predicted molar refractivity (Wildman–Crippen MR) is 76.9 cm³/mol. The number of benzene rings is 1. The predicted octanol–water partition coefficient (Wildman–Crippen LogP) is 0.907. The third-order valence-electron chi connectivity index (χ3n) is 3.55. The fourth-order valence-corrected chi connectivity index (χ4v) is 2.41. The van der Waals surface area contributed by atoms with Gasteiger partial charge < -0.3 is 14.4 Å². The van der Waals surface area contributed by atoms with Gasteiger partial charge in [-0.2, -0.15) is 0 Å². The number of carbonyl (C=O) groups excluding carboxylic acids is 3. The Hall–Kier alpha value is -2.97. The first-order chi connectivity index (χ1) is 10.9. The van der Waals surface area contributed by atoms with Gasteiger partial charge in [0, 0.05) is 25.1 Å². The van der Waals surface area contributed by atoms with Gasteiger partial charge in [0.15, 0.2) is 0 Å². The first-order valence-corrected chi connectivity index (χ1v) is 6.64. The summed E-state index contributed by atoms with van der Waals surface area (Å²) >= 11 is 0. The molecule has 1 atom stereocenters. The molecule has 1 aromatic carbocycles. The zero-order chi connectivity index (χ0) is 17.1. The zero-order valence-electron chi connectivity index (χ0n) is 12.5. The van der Waals surface area contributed by atoms with Crippen LogP contribution in [0.5, 0.6) is 0 Å². The molecule has 1 aliphatic heterocycles. The summed E-state index contributed by atoms with van der Waals surface area (Å²) in [5.74, 6) is -2.35. The molecule has 0 N–H and O–H groups in total. The lowest BCUT2D eigenvalue weighted by Crippen LogP contribution is -2.28. The van der Waals surface area contributed by atoms with Gasteiger partial charge in [-0.25, -0.2) is 4.79 Å². The number of hydrogen-bond acceptors (Lipinski definition) is 7. The van der Waals surface area contributed by atoms with Crippen molar-refractivity contribution in [2.45, 2.75) is 6.42 Å². The van der Waals surface area contributed by atoms with Gasteiger partial charge in [-0.15, -0.1) is 0 Å². The highest BCUT2D eigenvalue weighted by molar-refractivity contribution is 6.05. The molecule has 1 heterocycles. The van der Waals surface area contributed by atoms with E-state index in [9.17, 15) is 24.5 Å². The van der Waals surface area contributed by atoms with Crippen LogP contribution in [-0.4, -0.2) is 43.5 Å². The maximum atomic E-state index is 12.1. The molecule has 2 rings (SSSR count). The number of methoxy groups -OCH3 is 2. The van der Waals surface area contributed by atoms with Crippen molar-refractivity contribution in [3.63, 3.8) is 0 Å². The molecule has 1 aliphatic rings. The van der Waals surface area contributed by atoms with Gasteiger partial charge in [0.25, 0.3) is 5.69 Å². The Morgan fingerprint density at radius 2 is 2.00 bits per heavy atom. The smallest absolute Gasteiger partial charge is 0.340 e. The number of amides is 1. The van der Waals surface area contributed by atoms with E-state index in [4.69, 9.17) is 0 Å². The minimum Gasteiger partial charge on any atom is -0.469 e. The maximum Gasteiger partial charge on any atom is 0.340 e. The summed E-state index contributed by atoms with van der Waals surface area (Å²) < 4.78 is 9.23. The number of nitro benzene ring substituents is 1. The molecular formula is C14H14N2O7. The first kappa shape index (κ1) is 16.4. The lowest BCUT2D eigenvalue weighted by molar-refractivity contribution is -0.384. The molecular weight excluding hydrogens is 308 g/mol. The highest BCUT2D eigenvalue weighted by Gasteiger charge is 2.37. The Morgan fingerprint density at radius 3 is 2.57 bits per heavy atom. The minimum atomic E-state index is -0.807. The van der Waals surface area contributed by atoms with E-state index < -0.39 is 22.8 Å². The molecule has 0 aliphatic carbocycles. The van der Waals surface area contributed by atoms with Crippen LogP contribution in [0.1, 0.15) is 16.8 Å². The van der Waals surface area contributed by atoms with Gasteiger partial charge in [0.1, 0.15) is 0 Å². The van der Waals surface area contributed by atoms with E-state index in [1.807, 2.05) is 0 Å². The van der Waals surface area contributed by atoms with Crippen LogP contribution < -0.4 is 4.90 Å². The largest absolute Gasteiger partial charge is 0.469 e. The van der Waals surface area contributed by atoms with E-state index >= 15 is 0 Å². The van der Waals surface area contributed by atoms with Gasteiger partial charge in [-0.1, -0.05) is 0 Å². The van der Waals surface area contributed by atoms with Crippen LogP contribution in [0.3, 0.4) is 0 Å². The van der Waals surface area contributed by atoms with Crippen LogP contribution in [0.25, 0.3) is 0 Å². The zero-order valence-corrected chi connectivity index (χ0v) is 12.5. The van der Waals surface area contributed by atoms with Gasteiger partial charge in [-0.05, 0) is 6.07 Å². The molecule has 23 heavy (non-hydrogen) atoms. The normalized spacial score (nSPS) is 17.0. The van der Waals surface area contributed by atoms with E-state index in [0.29, 0.717) is 0 Å². The Morgan fingerprint density at radius 1 is 1.30 bits per heavy atom. The number of ether oxygens (including phenoxy) is 2. The average Bonchev–Trinajstić information content (AvgIpc) is 2.94. The summed E-state index contributed by atoms with van der Waals surface area (Å²) in [4.78, 5) is 47.0. The van der Waals surface area contributed by atoms with Crippen LogP contribution in [0.2, 0.25) is 0 Å². The highest BCUT2D eigenvalue weighted by Crippen LogP contribution is 2.31. The fourth-order valence-electron chi connectivity index (χ4n) is 2.41. The number of esters is 2. The first-order valence-electron chi connectivity index (χ1n) is 6.64. The SMILES string of the molecule is COC(=O)c1cc([N+](=O)[O-])ccc1N1CC(C(=O)OC)CC1=O. The number of anilines is 1. The van der Waals surface area contributed by atoms with Crippen molar-refractivity contribution >= 4 is 29.2 Å². The number of rotatable bonds is 4. The Labute approximate surface area is 130 Å². The molecule has 0 saturated carbocycles. The number of hydrogen-bond donors (Lipinski definition) is 0. The summed E-state index contributed by atoms with van der Waals surface area (Å²) in [7, 11) is 2.36. The van der Waals surface area contributed by atoms with E-state index in [2.05, 4.69) is 9.47 Å².